The van der Waals surface area contributed by atoms with Gasteiger partial charge in [-0.05, 0) is 43.5 Å². The summed E-state index contributed by atoms with van der Waals surface area (Å²) in [6.07, 6.45) is 3.73. The second kappa shape index (κ2) is 7.24. The van der Waals surface area contributed by atoms with Gasteiger partial charge in [-0.3, -0.25) is 4.79 Å². The van der Waals surface area contributed by atoms with Crippen LogP contribution in [-0.4, -0.2) is 32.1 Å². The van der Waals surface area contributed by atoms with Crippen molar-refractivity contribution in [1.29, 1.82) is 0 Å². The molecule has 1 unspecified atom stereocenters. The summed E-state index contributed by atoms with van der Waals surface area (Å²) in [6.45, 7) is 1.42. The van der Waals surface area contributed by atoms with Crippen LogP contribution in [0.25, 0.3) is 0 Å². The number of halogens is 1. The molecule has 0 bridgehead atoms. The van der Waals surface area contributed by atoms with E-state index in [1.807, 2.05) is 6.07 Å². The van der Waals surface area contributed by atoms with E-state index in [2.05, 4.69) is 10.6 Å². The van der Waals surface area contributed by atoms with Crippen LogP contribution < -0.4 is 15.4 Å². The average molecular weight is 280 g/mol. The van der Waals surface area contributed by atoms with Gasteiger partial charge in [-0.1, -0.05) is 12.5 Å². The Hall–Kier alpha value is -1.62. The number of nitrogens with one attached hydrogen (secondary N) is 2. The van der Waals surface area contributed by atoms with Gasteiger partial charge in [-0.25, -0.2) is 4.39 Å². The Balaban J connectivity index is 1.77. The highest BCUT2D eigenvalue weighted by Crippen LogP contribution is 2.17. The smallest absolute Gasteiger partial charge is 0.237 e. The fraction of sp³-hybridized carbons (Fsp3) is 0.533. The average Bonchev–Trinajstić information content (AvgIpc) is 2.48. The summed E-state index contributed by atoms with van der Waals surface area (Å²) in [6, 6.07) is 4.79. The molecule has 1 aliphatic heterocycles. The predicted octanol–water partition coefficient (Wildman–Crippen LogP) is 1.64. The Bertz CT molecular complexity index is 459. The lowest BCUT2D eigenvalue weighted by atomic mass is 10.0. The van der Waals surface area contributed by atoms with Gasteiger partial charge in [-0.15, -0.1) is 0 Å². The molecule has 0 radical (unpaired) electrons. The van der Waals surface area contributed by atoms with Crippen LogP contribution in [0, 0.1) is 5.82 Å². The molecule has 20 heavy (non-hydrogen) atoms. The number of hydrogen-bond donors (Lipinski definition) is 2. The monoisotopic (exact) mass is 280 g/mol. The lowest BCUT2D eigenvalue weighted by molar-refractivity contribution is -0.123. The van der Waals surface area contributed by atoms with Crippen LogP contribution in [0.3, 0.4) is 0 Å². The van der Waals surface area contributed by atoms with Crippen LogP contribution in [-0.2, 0) is 11.2 Å². The molecule has 1 aliphatic rings. The highest BCUT2D eigenvalue weighted by Gasteiger charge is 2.19. The number of rotatable bonds is 5. The first-order chi connectivity index (χ1) is 9.70. The minimum absolute atomic E-state index is 0.0404. The molecule has 2 rings (SSSR count). The Kier molecular flexibility index (Phi) is 5.35. The third-order valence-corrected chi connectivity index (χ3v) is 3.56. The molecule has 0 aliphatic carbocycles. The van der Waals surface area contributed by atoms with Crippen LogP contribution in [0.5, 0.6) is 5.75 Å². The van der Waals surface area contributed by atoms with Gasteiger partial charge in [0.1, 0.15) is 0 Å². The first-order valence-electron chi connectivity index (χ1n) is 7.04. The van der Waals surface area contributed by atoms with Crippen molar-refractivity contribution < 1.29 is 13.9 Å². The molecule has 1 aromatic carbocycles. The number of methoxy groups -OCH3 is 1. The SMILES string of the molecule is COc1ccc(CCNC(=O)C2CCCCN2)cc1F. The first-order valence-corrected chi connectivity index (χ1v) is 7.04. The minimum atomic E-state index is -0.370. The summed E-state index contributed by atoms with van der Waals surface area (Å²) >= 11 is 0. The van der Waals surface area contributed by atoms with E-state index >= 15 is 0 Å². The predicted molar refractivity (Wildman–Crippen MR) is 75.3 cm³/mol. The van der Waals surface area contributed by atoms with Gasteiger partial charge in [0, 0.05) is 6.54 Å². The number of piperidine rings is 1. The molecule has 1 amide bonds. The van der Waals surface area contributed by atoms with Gasteiger partial charge < -0.3 is 15.4 Å². The zero-order chi connectivity index (χ0) is 14.4. The maximum atomic E-state index is 13.5. The molecular formula is C15H21FN2O2. The van der Waals surface area contributed by atoms with E-state index in [1.165, 1.54) is 13.2 Å². The van der Waals surface area contributed by atoms with Crippen molar-refractivity contribution in [3.63, 3.8) is 0 Å². The maximum Gasteiger partial charge on any atom is 0.237 e. The third kappa shape index (κ3) is 3.93. The molecule has 4 nitrogen and oxygen atoms in total. The highest BCUT2D eigenvalue weighted by molar-refractivity contribution is 5.81. The summed E-state index contributed by atoms with van der Waals surface area (Å²) in [5.74, 6) is -0.0897. The Morgan fingerprint density at radius 2 is 2.35 bits per heavy atom. The number of amides is 1. The number of carbonyl (C=O) groups excluding carboxylic acids is 1. The molecule has 1 fully saturated rings. The molecule has 1 heterocycles. The van der Waals surface area contributed by atoms with Crippen LogP contribution >= 0.6 is 0 Å². The summed E-state index contributed by atoms with van der Waals surface area (Å²) < 4.78 is 18.4. The summed E-state index contributed by atoms with van der Waals surface area (Å²) in [4.78, 5) is 11.9. The van der Waals surface area contributed by atoms with Crippen molar-refractivity contribution in [2.45, 2.75) is 31.7 Å². The van der Waals surface area contributed by atoms with E-state index in [0.29, 0.717) is 13.0 Å². The minimum Gasteiger partial charge on any atom is -0.494 e. The Morgan fingerprint density at radius 1 is 1.50 bits per heavy atom. The second-order valence-corrected chi connectivity index (χ2v) is 5.01. The van der Waals surface area contributed by atoms with Crippen molar-refractivity contribution in [2.75, 3.05) is 20.2 Å². The molecule has 1 aromatic rings. The van der Waals surface area contributed by atoms with Crippen LogP contribution in [0.4, 0.5) is 4.39 Å². The molecule has 2 N–H and O–H groups in total. The number of carbonyl (C=O) groups is 1. The number of benzene rings is 1. The largest absolute Gasteiger partial charge is 0.494 e. The van der Waals surface area contributed by atoms with Gasteiger partial charge >= 0.3 is 0 Å². The van der Waals surface area contributed by atoms with E-state index in [1.54, 1.807) is 6.07 Å². The second-order valence-electron chi connectivity index (χ2n) is 5.01. The molecular weight excluding hydrogens is 259 g/mol. The standard InChI is InChI=1S/C15H21FN2O2/c1-20-14-6-5-11(10-12(14)16)7-9-18-15(19)13-4-2-3-8-17-13/h5-6,10,13,17H,2-4,7-9H2,1H3,(H,18,19). The Labute approximate surface area is 118 Å². The molecule has 5 heteroatoms. The highest BCUT2D eigenvalue weighted by atomic mass is 19.1. The van der Waals surface area contributed by atoms with Crippen molar-refractivity contribution in [3.8, 4) is 5.75 Å². The van der Waals surface area contributed by atoms with E-state index < -0.39 is 0 Å². The topological polar surface area (TPSA) is 50.4 Å². The maximum absolute atomic E-state index is 13.5. The third-order valence-electron chi connectivity index (χ3n) is 3.56. The molecule has 0 aromatic heterocycles. The number of hydrogen-bond acceptors (Lipinski definition) is 3. The molecule has 1 saturated heterocycles. The summed E-state index contributed by atoms with van der Waals surface area (Å²) in [5, 5.41) is 6.10. The van der Waals surface area contributed by atoms with Crippen molar-refractivity contribution >= 4 is 5.91 Å². The van der Waals surface area contributed by atoms with Gasteiger partial charge in [0.05, 0.1) is 13.2 Å². The van der Waals surface area contributed by atoms with Crippen LogP contribution in [0.15, 0.2) is 18.2 Å². The van der Waals surface area contributed by atoms with Crippen LogP contribution in [0.2, 0.25) is 0 Å². The quantitative estimate of drug-likeness (QED) is 0.862. The van der Waals surface area contributed by atoms with Gasteiger partial charge in [-0.2, -0.15) is 0 Å². The van der Waals surface area contributed by atoms with Crippen molar-refractivity contribution in [2.24, 2.45) is 0 Å². The van der Waals surface area contributed by atoms with Gasteiger partial charge in [0.25, 0.3) is 0 Å². The van der Waals surface area contributed by atoms with E-state index in [9.17, 15) is 9.18 Å². The molecule has 0 spiro atoms. The number of ether oxygens (including phenoxy) is 1. The van der Waals surface area contributed by atoms with Gasteiger partial charge in [0.15, 0.2) is 11.6 Å². The normalized spacial score (nSPS) is 18.6. The first kappa shape index (κ1) is 14.8. The van der Waals surface area contributed by atoms with E-state index in [-0.39, 0.29) is 23.5 Å². The summed E-state index contributed by atoms with van der Waals surface area (Å²) in [5.41, 5.74) is 0.847. The fourth-order valence-electron chi connectivity index (χ4n) is 2.39. The van der Waals surface area contributed by atoms with Gasteiger partial charge in [0.2, 0.25) is 5.91 Å². The van der Waals surface area contributed by atoms with Crippen molar-refractivity contribution in [3.05, 3.63) is 29.6 Å². The lowest BCUT2D eigenvalue weighted by Gasteiger charge is -2.22. The molecule has 110 valence electrons. The van der Waals surface area contributed by atoms with Crippen molar-refractivity contribution in [1.82, 2.24) is 10.6 Å². The fourth-order valence-corrected chi connectivity index (χ4v) is 2.39. The zero-order valence-electron chi connectivity index (χ0n) is 11.7. The molecule has 1 atom stereocenters. The zero-order valence-corrected chi connectivity index (χ0v) is 11.7. The Morgan fingerprint density at radius 3 is 3.00 bits per heavy atom. The lowest BCUT2D eigenvalue weighted by Crippen LogP contribution is -2.47. The molecule has 0 saturated carbocycles. The van der Waals surface area contributed by atoms with E-state index in [4.69, 9.17) is 4.74 Å². The van der Waals surface area contributed by atoms with E-state index in [0.717, 1.165) is 31.4 Å². The summed E-state index contributed by atoms with van der Waals surface area (Å²) in [7, 11) is 1.44. The van der Waals surface area contributed by atoms with Crippen LogP contribution in [0.1, 0.15) is 24.8 Å².